The lowest BCUT2D eigenvalue weighted by atomic mass is 9.97. The van der Waals surface area contributed by atoms with Gasteiger partial charge in [0.15, 0.2) is 0 Å². The number of aryl methyl sites for hydroxylation is 1. The van der Waals surface area contributed by atoms with Gasteiger partial charge in [-0.15, -0.1) is 0 Å². The van der Waals surface area contributed by atoms with Crippen LogP contribution in [0.1, 0.15) is 54.4 Å². The molecule has 0 heterocycles. The first-order valence-electron chi connectivity index (χ1n) is 11.9. The molecule has 3 atom stereocenters. The van der Waals surface area contributed by atoms with Crippen molar-refractivity contribution < 1.29 is 27.5 Å². The van der Waals surface area contributed by atoms with Crippen molar-refractivity contribution in [2.75, 3.05) is 7.11 Å². The van der Waals surface area contributed by atoms with E-state index in [0.29, 0.717) is 44.1 Å². The monoisotopic (exact) mass is 499 g/mol. The minimum absolute atomic E-state index is 0.209. The lowest BCUT2D eigenvalue weighted by Crippen LogP contribution is -2.40. The predicted molar refractivity (Wildman–Crippen MR) is 133 cm³/mol. The summed E-state index contributed by atoms with van der Waals surface area (Å²) in [4.78, 5) is 24.2. The Morgan fingerprint density at radius 1 is 1.03 bits per heavy atom. The molecule has 188 valence electrons. The molecule has 1 aliphatic rings. The third-order valence-electron chi connectivity index (χ3n) is 6.22. The van der Waals surface area contributed by atoms with Gasteiger partial charge in [0.05, 0.1) is 17.6 Å². The third kappa shape index (κ3) is 7.77. The van der Waals surface area contributed by atoms with Gasteiger partial charge in [0.25, 0.3) is 0 Å². The Kier molecular flexibility index (Phi) is 9.63. The number of carbonyl (C=O) groups excluding carboxylic acids is 2. The van der Waals surface area contributed by atoms with Gasteiger partial charge < -0.3 is 9.47 Å². The van der Waals surface area contributed by atoms with Crippen LogP contribution >= 0.6 is 0 Å². The van der Waals surface area contributed by atoms with Gasteiger partial charge in [-0.25, -0.2) is 17.9 Å². The fourth-order valence-electron chi connectivity index (χ4n) is 4.24. The van der Waals surface area contributed by atoms with Gasteiger partial charge in [-0.3, -0.25) is 4.79 Å². The van der Waals surface area contributed by atoms with Crippen molar-refractivity contribution in [2.45, 2.75) is 62.5 Å². The standard InChI is InChI=1S/C27H33NO6S/c1-20-14-16-22(17-15-20)35(31,32)28-24-18-19-25(34-27(30)21-10-6-5-7-11-21)23(24)12-8-3-4-9-13-26(29)33-2/h3,5-8,10-11,14-17,23-25,28H,4,9,12-13,18-19H2,1-2H3/b8-3-/t23-,24+,25+/m1/s1. The summed E-state index contributed by atoms with van der Waals surface area (Å²) in [5.41, 5.74) is 1.45. The van der Waals surface area contributed by atoms with Gasteiger partial charge >= 0.3 is 11.9 Å². The second-order valence-electron chi connectivity index (χ2n) is 8.77. The SMILES string of the molecule is COC(=O)CCC/C=C\C[C@@H]1[C@@H](NS(=O)(=O)c2ccc(C)cc2)CC[C@@H]1OC(=O)c1ccccc1. The molecule has 2 aromatic rings. The van der Waals surface area contributed by atoms with E-state index in [2.05, 4.69) is 9.46 Å². The maximum atomic E-state index is 13.0. The first kappa shape index (κ1) is 26.6. The maximum absolute atomic E-state index is 13.0. The number of unbranched alkanes of at least 4 members (excludes halogenated alkanes) is 1. The largest absolute Gasteiger partial charge is 0.469 e. The number of carbonyl (C=O) groups is 2. The van der Waals surface area contributed by atoms with Crippen LogP contribution < -0.4 is 4.72 Å². The van der Waals surface area contributed by atoms with E-state index in [0.717, 1.165) is 5.56 Å². The first-order valence-corrected chi connectivity index (χ1v) is 13.4. The Labute approximate surface area is 207 Å². The summed E-state index contributed by atoms with van der Waals surface area (Å²) >= 11 is 0. The van der Waals surface area contributed by atoms with Crippen LogP contribution in [0.3, 0.4) is 0 Å². The number of hydrogen-bond acceptors (Lipinski definition) is 6. The molecule has 0 aliphatic heterocycles. The number of hydrogen-bond donors (Lipinski definition) is 1. The van der Waals surface area contributed by atoms with Crippen LogP contribution in [-0.4, -0.2) is 39.6 Å². The van der Waals surface area contributed by atoms with E-state index in [9.17, 15) is 18.0 Å². The van der Waals surface area contributed by atoms with E-state index in [1.54, 1.807) is 48.5 Å². The zero-order valence-corrected chi connectivity index (χ0v) is 21.0. The molecule has 1 saturated carbocycles. The van der Waals surface area contributed by atoms with Crippen LogP contribution in [0.25, 0.3) is 0 Å². The van der Waals surface area contributed by atoms with Crippen molar-refractivity contribution in [2.24, 2.45) is 5.92 Å². The van der Waals surface area contributed by atoms with Crippen LogP contribution in [0.4, 0.5) is 0 Å². The molecule has 0 unspecified atom stereocenters. The van der Waals surface area contributed by atoms with Crippen LogP contribution in [-0.2, 0) is 24.3 Å². The second-order valence-corrected chi connectivity index (χ2v) is 10.5. The van der Waals surface area contributed by atoms with E-state index >= 15 is 0 Å². The molecule has 7 nitrogen and oxygen atoms in total. The summed E-state index contributed by atoms with van der Waals surface area (Å²) in [5.74, 6) is -0.864. The molecule has 0 spiro atoms. The van der Waals surface area contributed by atoms with Crippen LogP contribution in [0.2, 0.25) is 0 Å². The highest BCUT2D eigenvalue weighted by Gasteiger charge is 2.40. The fraction of sp³-hybridized carbons (Fsp3) is 0.407. The summed E-state index contributed by atoms with van der Waals surface area (Å²) in [6.45, 7) is 1.90. The highest BCUT2D eigenvalue weighted by atomic mass is 32.2. The summed E-state index contributed by atoms with van der Waals surface area (Å²) in [5, 5.41) is 0. The molecule has 0 radical (unpaired) electrons. The lowest BCUT2D eigenvalue weighted by molar-refractivity contribution is -0.140. The van der Waals surface area contributed by atoms with Crippen LogP contribution in [0.5, 0.6) is 0 Å². The van der Waals surface area contributed by atoms with Gasteiger partial charge in [0.1, 0.15) is 6.10 Å². The average Bonchev–Trinajstić information content (AvgIpc) is 3.21. The molecular formula is C27H33NO6S. The summed E-state index contributed by atoms with van der Waals surface area (Å²) in [7, 11) is -2.35. The summed E-state index contributed by atoms with van der Waals surface area (Å²) in [6, 6.07) is 15.1. The van der Waals surface area contributed by atoms with Crippen LogP contribution in [0.15, 0.2) is 71.6 Å². The molecule has 3 rings (SSSR count). The van der Waals surface area contributed by atoms with E-state index < -0.39 is 22.1 Å². The minimum Gasteiger partial charge on any atom is -0.469 e. The number of ether oxygens (including phenoxy) is 2. The van der Waals surface area contributed by atoms with E-state index in [4.69, 9.17) is 4.74 Å². The molecule has 1 fully saturated rings. The smallest absolute Gasteiger partial charge is 0.338 e. The minimum atomic E-state index is -3.72. The first-order chi connectivity index (χ1) is 16.8. The Morgan fingerprint density at radius 2 is 1.74 bits per heavy atom. The van der Waals surface area contributed by atoms with E-state index in [1.807, 2.05) is 25.1 Å². The fourth-order valence-corrected chi connectivity index (χ4v) is 5.56. The highest BCUT2D eigenvalue weighted by Crippen LogP contribution is 2.33. The molecule has 35 heavy (non-hydrogen) atoms. The Hall–Kier alpha value is -2.97. The molecular weight excluding hydrogens is 466 g/mol. The molecule has 1 aliphatic carbocycles. The van der Waals surface area contributed by atoms with Crippen molar-refractivity contribution in [1.82, 2.24) is 4.72 Å². The molecule has 0 bridgehead atoms. The molecule has 1 N–H and O–H groups in total. The van der Waals surface area contributed by atoms with Gasteiger partial charge in [-0.05, 0) is 63.3 Å². The topological polar surface area (TPSA) is 98.8 Å². The van der Waals surface area contributed by atoms with Crippen LogP contribution in [0, 0.1) is 12.8 Å². The maximum Gasteiger partial charge on any atom is 0.338 e. The lowest BCUT2D eigenvalue weighted by Gasteiger charge is -2.24. The summed E-state index contributed by atoms with van der Waals surface area (Å²) in [6.07, 6.45) is 6.95. The van der Waals surface area contributed by atoms with E-state index in [1.165, 1.54) is 7.11 Å². The number of benzene rings is 2. The highest BCUT2D eigenvalue weighted by molar-refractivity contribution is 7.89. The quantitative estimate of drug-likeness (QED) is 0.276. The van der Waals surface area contributed by atoms with E-state index in [-0.39, 0.29) is 22.8 Å². The van der Waals surface area contributed by atoms with Crippen molar-refractivity contribution in [3.8, 4) is 0 Å². The number of esters is 2. The number of nitrogens with one attached hydrogen (secondary N) is 1. The molecule has 2 aromatic carbocycles. The van der Waals surface area contributed by atoms with Crippen molar-refractivity contribution >= 4 is 22.0 Å². The van der Waals surface area contributed by atoms with Crippen molar-refractivity contribution in [3.63, 3.8) is 0 Å². The molecule has 8 heteroatoms. The third-order valence-corrected chi connectivity index (χ3v) is 7.72. The van der Waals surface area contributed by atoms with Crippen molar-refractivity contribution in [3.05, 3.63) is 77.9 Å². The van der Waals surface area contributed by atoms with Gasteiger partial charge in [0.2, 0.25) is 10.0 Å². The zero-order chi connectivity index (χ0) is 25.3. The average molecular weight is 500 g/mol. The predicted octanol–water partition coefficient (Wildman–Crippen LogP) is 4.57. The summed E-state index contributed by atoms with van der Waals surface area (Å²) < 4.78 is 39.4. The van der Waals surface area contributed by atoms with Gasteiger partial charge in [0, 0.05) is 18.4 Å². The number of methoxy groups -OCH3 is 1. The molecule has 0 aromatic heterocycles. The zero-order valence-electron chi connectivity index (χ0n) is 20.2. The second kappa shape index (κ2) is 12.7. The Bertz CT molecular complexity index is 1110. The van der Waals surface area contributed by atoms with Crippen molar-refractivity contribution in [1.29, 1.82) is 0 Å². The number of rotatable bonds is 11. The number of sulfonamides is 1. The molecule has 0 saturated heterocycles. The van der Waals surface area contributed by atoms with Gasteiger partial charge in [-0.2, -0.15) is 0 Å². The van der Waals surface area contributed by atoms with Gasteiger partial charge in [-0.1, -0.05) is 48.0 Å². The Morgan fingerprint density at radius 3 is 2.43 bits per heavy atom. The Balaban J connectivity index is 1.69. The normalized spacial score (nSPS) is 20.1. The molecule has 0 amide bonds. The number of allylic oxidation sites excluding steroid dienone is 2.